The van der Waals surface area contributed by atoms with Crippen molar-refractivity contribution in [1.29, 1.82) is 0 Å². The van der Waals surface area contributed by atoms with Crippen LogP contribution in [0.5, 0.6) is 0 Å². The summed E-state index contributed by atoms with van der Waals surface area (Å²) in [5, 5.41) is 0.603. The normalized spacial score (nSPS) is 22.9. The minimum Gasteiger partial charge on any atom is -0.327 e. The van der Waals surface area contributed by atoms with E-state index < -0.39 is 0 Å². The van der Waals surface area contributed by atoms with Crippen LogP contribution in [0.25, 0.3) is 5.70 Å². The second-order valence-corrected chi connectivity index (χ2v) is 5.48. The van der Waals surface area contributed by atoms with E-state index in [0.717, 1.165) is 0 Å². The van der Waals surface area contributed by atoms with E-state index >= 15 is 0 Å². The lowest BCUT2D eigenvalue weighted by atomic mass is 10.3. The molecule has 0 saturated carbocycles. The maximum Gasteiger partial charge on any atom is 0.0538 e. The van der Waals surface area contributed by atoms with Gasteiger partial charge in [-0.25, -0.2) is 0 Å². The maximum atomic E-state index is 4.15. The molecular formula is C10H13NS2. The molecule has 0 bridgehead atoms. The molecule has 0 N–H and O–H groups in total. The number of rotatable bonds is 2. The van der Waals surface area contributed by atoms with Crippen molar-refractivity contribution in [3.8, 4) is 0 Å². The van der Waals surface area contributed by atoms with Gasteiger partial charge < -0.3 is 4.57 Å². The van der Waals surface area contributed by atoms with Crippen molar-refractivity contribution in [2.45, 2.75) is 5.25 Å². The number of hydrogen-bond acceptors (Lipinski definition) is 2. The van der Waals surface area contributed by atoms with Gasteiger partial charge in [0.05, 0.1) is 5.25 Å². The zero-order valence-electron chi connectivity index (χ0n) is 7.48. The van der Waals surface area contributed by atoms with E-state index in [-0.39, 0.29) is 0 Å². The number of nitrogens with zero attached hydrogens (tertiary/aromatic N) is 1. The molecule has 0 aliphatic carbocycles. The van der Waals surface area contributed by atoms with Crippen LogP contribution in [0, 0.1) is 0 Å². The first-order valence-electron chi connectivity index (χ1n) is 4.39. The first kappa shape index (κ1) is 9.28. The minimum absolute atomic E-state index is 0.603. The Kier molecular flexibility index (Phi) is 3.06. The minimum atomic E-state index is 0.603. The summed E-state index contributed by atoms with van der Waals surface area (Å²) in [5.41, 5.74) is 1.22. The van der Waals surface area contributed by atoms with Crippen molar-refractivity contribution < 1.29 is 0 Å². The van der Waals surface area contributed by atoms with Crippen LogP contribution in [0.4, 0.5) is 0 Å². The predicted octanol–water partition coefficient (Wildman–Crippen LogP) is 2.81. The molecule has 3 heteroatoms. The fraction of sp³-hybridized carbons (Fsp3) is 0.400. The van der Waals surface area contributed by atoms with Crippen LogP contribution in [0.2, 0.25) is 0 Å². The zero-order chi connectivity index (χ0) is 9.10. The Hall–Kier alpha value is -0.280. The highest BCUT2D eigenvalue weighted by atomic mass is 32.2. The third kappa shape index (κ3) is 2.15. The van der Waals surface area contributed by atoms with E-state index in [2.05, 4.69) is 23.5 Å². The zero-order valence-corrected chi connectivity index (χ0v) is 9.11. The summed E-state index contributed by atoms with van der Waals surface area (Å²) in [5.74, 6) is 3.76. The van der Waals surface area contributed by atoms with Crippen LogP contribution in [0.15, 0.2) is 31.1 Å². The molecule has 1 aliphatic heterocycles. The second-order valence-electron chi connectivity index (χ2n) is 3.02. The highest BCUT2D eigenvalue weighted by molar-refractivity contribution is 8.07. The van der Waals surface area contributed by atoms with Crippen molar-refractivity contribution >= 4 is 29.2 Å². The fourth-order valence-corrected chi connectivity index (χ4v) is 4.07. The molecule has 1 atom stereocenters. The van der Waals surface area contributed by atoms with Gasteiger partial charge in [-0.1, -0.05) is 6.58 Å². The molecule has 1 saturated heterocycles. The van der Waals surface area contributed by atoms with Crippen LogP contribution < -0.4 is 0 Å². The summed E-state index contributed by atoms with van der Waals surface area (Å²) in [6, 6.07) is 4.09. The molecule has 1 aliphatic rings. The first-order chi connectivity index (χ1) is 6.38. The standard InChI is InChI=1S/C10H13NS2/c1-9(11-4-2-3-5-11)10-8-12-6-7-13-10/h2-5,10H,1,6-8H2. The molecule has 2 rings (SSSR count). The van der Waals surface area contributed by atoms with Gasteiger partial charge in [-0.15, -0.1) is 0 Å². The van der Waals surface area contributed by atoms with Crippen molar-refractivity contribution in [3.05, 3.63) is 31.1 Å². The molecule has 13 heavy (non-hydrogen) atoms. The highest BCUT2D eigenvalue weighted by Crippen LogP contribution is 2.30. The Bertz CT molecular complexity index is 273. The van der Waals surface area contributed by atoms with E-state index in [4.69, 9.17) is 0 Å². The smallest absolute Gasteiger partial charge is 0.0538 e. The Morgan fingerprint density at radius 1 is 1.31 bits per heavy atom. The maximum absolute atomic E-state index is 4.15. The van der Waals surface area contributed by atoms with Crippen LogP contribution >= 0.6 is 23.5 Å². The SMILES string of the molecule is C=C(C1CSCCS1)n1cccc1. The van der Waals surface area contributed by atoms with E-state index in [9.17, 15) is 0 Å². The molecule has 70 valence electrons. The van der Waals surface area contributed by atoms with E-state index in [1.807, 2.05) is 35.7 Å². The lowest BCUT2D eigenvalue weighted by Crippen LogP contribution is -2.17. The van der Waals surface area contributed by atoms with Crippen molar-refractivity contribution in [2.24, 2.45) is 0 Å². The summed E-state index contributed by atoms with van der Waals surface area (Å²) in [4.78, 5) is 0. The number of hydrogen-bond donors (Lipinski definition) is 0. The largest absolute Gasteiger partial charge is 0.327 e. The van der Waals surface area contributed by atoms with Crippen molar-refractivity contribution in [1.82, 2.24) is 4.57 Å². The van der Waals surface area contributed by atoms with E-state index in [1.54, 1.807) is 0 Å². The van der Waals surface area contributed by atoms with Gasteiger partial charge in [0.15, 0.2) is 0 Å². The fourth-order valence-electron chi connectivity index (χ4n) is 1.37. The molecule has 0 spiro atoms. The quantitative estimate of drug-likeness (QED) is 0.741. The Morgan fingerprint density at radius 3 is 2.69 bits per heavy atom. The second kappa shape index (κ2) is 4.29. The Balaban J connectivity index is 2.04. The van der Waals surface area contributed by atoms with Crippen LogP contribution in [-0.4, -0.2) is 27.1 Å². The van der Waals surface area contributed by atoms with Crippen LogP contribution in [0.1, 0.15) is 0 Å². The third-order valence-electron chi connectivity index (χ3n) is 2.12. The van der Waals surface area contributed by atoms with Crippen LogP contribution in [0.3, 0.4) is 0 Å². The monoisotopic (exact) mass is 211 g/mol. The Labute approximate surface area is 87.6 Å². The van der Waals surface area contributed by atoms with Gasteiger partial charge in [-0.05, 0) is 12.1 Å². The summed E-state index contributed by atoms with van der Waals surface area (Å²) in [7, 11) is 0. The molecule has 1 aromatic heterocycles. The lowest BCUT2D eigenvalue weighted by Gasteiger charge is -2.23. The molecule has 1 nitrogen and oxygen atoms in total. The molecule has 0 radical (unpaired) electrons. The van der Waals surface area contributed by atoms with Crippen molar-refractivity contribution in [2.75, 3.05) is 17.3 Å². The topological polar surface area (TPSA) is 4.93 Å². The van der Waals surface area contributed by atoms with Gasteiger partial charge in [0.25, 0.3) is 0 Å². The number of thioether (sulfide) groups is 2. The molecular weight excluding hydrogens is 198 g/mol. The van der Waals surface area contributed by atoms with E-state index in [1.165, 1.54) is 23.0 Å². The van der Waals surface area contributed by atoms with E-state index in [0.29, 0.717) is 5.25 Å². The first-order valence-corrected chi connectivity index (χ1v) is 6.60. The predicted molar refractivity (Wildman–Crippen MR) is 63.3 cm³/mol. The summed E-state index contributed by atoms with van der Waals surface area (Å²) in [6.45, 7) is 4.15. The van der Waals surface area contributed by atoms with Gasteiger partial charge in [-0.2, -0.15) is 23.5 Å². The molecule has 1 aromatic rings. The molecule has 1 unspecified atom stereocenters. The average molecular weight is 211 g/mol. The number of aromatic nitrogens is 1. The molecule has 1 fully saturated rings. The van der Waals surface area contributed by atoms with Crippen LogP contribution in [-0.2, 0) is 0 Å². The summed E-state index contributed by atoms with van der Waals surface area (Å²) < 4.78 is 2.13. The van der Waals surface area contributed by atoms with Gasteiger partial charge in [-0.3, -0.25) is 0 Å². The molecule has 2 heterocycles. The Morgan fingerprint density at radius 2 is 2.08 bits per heavy atom. The lowest BCUT2D eigenvalue weighted by molar-refractivity contribution is 1.04. The highest BCUT2D eigenvalue weighted by Gasteiger charge is 2.17. The summed E-state index contributed by atoms with van der Waals surface area (Å²) in [6.07, 6.45) is 4.14. The van der Waals surface area contributed by atoms with Gasteiger partial charge >= 0.3 is 0 Å². The summed E-state index contributed by atoms with van der Waals surface area (Å²) >= 11 is 4.06. The third-order valence-corrected chi connectivity index (χ3v) is 4.94. The molecule has 0 aromatic carbocycles. The average Bonchev–Trinajstić information content (AvgIpc) is 2.71. The van der Waals surface area contributed by atoms with Crippen molar-refractivity contribution in [3.63, 3.8) is 0 Å². The molecule has 0 amide bonds. The van der Waals surface area contributed by atoms with Gasteiger partial charge in [0, 0.05) is 35.3 Å². The van der Waals surface area contributed by atoms with Gasteiger partial charge in [0.2, 0.25) is 0 Å². The van der Waals surface area contributed by atoms with Gasteiger partial charge in [0.1, 0.15) is 0 Å².